The predicted molar refractivity (Wildman–Crippen MR) is 165 cm³/mol. The van der Waals surface area contributed by atoms with Crippen LogP contribution in [0.3, 0.4) is 0 Å². The van der Waals surface area contributed by atoms with Crippen LogP contribution in [0.1, 0.15) is 38.2 Å². The van der Waals surface area contributed by atoms with Crippen molar-refractivity contribution in [1.82, 2.24) is 10.2 Å². The van der Waals surface area contributed by atoms with Crippen molar-refractivity contribution in [3.8, 4) is 0 Å². The number of carbonyl (C=O) groups is 2. The Labute approximate surface area is 252 Å². The van der Waals surface area contributed by atoms with Crippen molar-refractivity contribution in [3.05, 3.63) is 92.5 Å². The third-order valence-corrected chi connectivity index (χ3v) is 9.90. The van der Waals surface area contributed by atoms with Gasteiger partial charge in [-0.15, -0.1) is 0 Å². The van der Waals surface area contributed by atoms with E-state index in [1.807, 2.05) is 24.3 Å². The van der Waals surface area contributed by atoms with Crippen LogP contribution in [0, 0.1) is 3.57 Å². The zero-order valence-electron chi connectivity index (χ0n) is 21.6. The summed E-state index contributed by atoms with van der Waals surface area (Å²) in [6, 6.07) is 21.8. The fourth-order valence-corrected chi connectivity index (χ4v) is 6.68. The minimum atomic E-state index is -4.06. The highest BCUT2D eigenvalue weighted by Gasteiger charge is 2.33. The molecular formula is C29H31BrIN3O4S. The molecule has 1 N–H and O–H groups in total. The Bertz CT molecular complexity index is 1380. The SMILES string of the molecule is C[C@H](C(=O)NC1CCCC1)N(Cc1ccc(Br)cc1)C(=O)CN(c1ccc(I)cc1)S(=O)(=O)c1ccccc1. The summed E-state index contributed by atoms with van der Waals surface area (Å²) in [7, 11) is -4.06. The number of halogens is 2. The number of nitrogens with zero attached hydrogens (tertiary/aromatic N) is 2. The van der Waals surface area contributed by atoms with Crippen LogP contribution in [-0.4, -0.2) is 43.8 Å². The van der Waals surface area contributed by atoms with Crippen LogP contribution in [0.4, 0.5) is 5.69 Å². The summed E-state index contributed by atoms with van der Waals surface area (Å²) in [4.78, 5) is 28.8. The van der Waals surface area contributed by atoms with Gasteiger partial charge in [0.25, 0.3) is 10.0 Å². The number of rotatable bonds is 10. The molecule has 1 aliphatic carbocycles. The molecule has 0 aliphatic heterocycles. The van der Waals surface area contributed by atoms with E-state index in [1.165, 1.54) is 17.0 Å². The van der Waals surface area contributed by atoms with Gasteiger partial charge in [-0.3, -0.25) is 13.9 Å². The Morgan fingerprint density at radius 1 is 0.974 bits per heavy atom. The molecule has 0 radical (unpaired) electrons. The summed E-state index contributed by atoms with van der Waals surface area (Å²) < 4.78 is 30.5. The molecule has 206 valence electrons. The Morgan fingerprint density at radius 3 is 2.21 bits per heavy atom. The highest BCUT2D eigenvalue weighted by atomic mass is 127. The normalized spacial score (nSPS) is 14.5. The predicted octanol–water partition coefficient (Wildman–Crippen LogP) is 5.73. The summed E-state index contributed by atoms with van der Waals surface area (Å²) in [5, 5.41) is 3.08. The number of nitrogens with one attached hydrogen (secondary N) is 1. The highest BCUT2D eigenvalue weighted by Crippen LogP contribution is 2.26. The minimum Gasteiger partial charge on any atom is -0.352 e. The summed E-state index contributed by atoms with van der Waals surface area (Å²) in [5.41, 5.74) is 1.21. The third kappa shape index (κ3) is 7.61. The first-order chi connectivity index (χ1) is 18.6. The summed E-state index contributed by atoms with van der Waals surface area (Å²) in [5.74, 6) is -0.705. The topological polar surface area (TPSA) is 86.8 Å². The molecule has 0 unspecified atom stereocenters. The van der Waals surface area contributed by atoms with Crippen LogP contribution in [0.2, 0.25) is 0 Å². The van der Waals surface area contributed by atoms with E-state index in [0.29, 0.717) is 5.69 Å². The average Bonchev–Trinajstić information content (AvgIpc) is 3.45. The van der Waals surface area contributed by atoms with Gasteiger partial charge in [0.1, 0.15) is 12.6 Å². The van der Waals surface area contributed by atoms with Crippen LogP contribution < -0.4 is 9.62 Å². The molecular weight excluding hydrogens is 693 g/mol. The second-order valence-corrected chi connectivity index (χ2v) is 13.6. The first-order valence-electron chi connectivity index (χ1n) is 12.8. The van der Waals surface area contributed by atoms with Crippen LogP contribution in [0.5, 0.6) is 0 Å². The van der Waals surface area contributed by atoms with Gasteiger partial charge in [-0.25, -0.2) is 8.42 Å². The smallest absolute Gasteiger partial charge is 0.264 e. The summed E-state index contributed by atoms with van der Waals surface area (Å²) in [6.07, 6.45) is 4.00. The molecule has 39 heavy (non-hydrogen) atoms. The number of hydrogen-bond donors (Lipinski definition) is 1. The van der Waals surface area contributed by atoms with Gasteiger partial charge < -0.3 is 10.2 Å². The average molecular weight is 724 g/mol. The quantitative estimate of drug-likeness (QED) is 0.271. The minimum absolute atomic E-state index is 0.0860. The van der Waals surface area contributed by atoms with Gasteiger partial charge in [0, 0.05) is 20.6 Å². The lowest BCUT2D eigenvalue weighted by atomic mass is 10.1. The first kappa shape index (κ1) is 29.5. The van der Waals surface area contributed by atoms with Crippen LogP contribution in [0.25, 0.3) is 0 Å². The van der Waals surface area contributed by atoms with E-state index in [4.69, 9.17) is 0 Å². The van der Waals surface area contributed by atoms with E-state index >= 15 is 0 Å². The van der Waals surface area contributed by atoms with Crippen molar-refractivity contribution in [3.63, 3.8) is 0 Å². The number of carbonyl (C=O) groups excluding carboxylic acids is 2. The second-order valence-electron chi connectivity index (χ2n) is 9.62. The standard InChI is InChI=1S/C29H31BrIN3O4S/c1-21(29(36)32-25-7-5-6-8-25)33(19-22-11-13-23(30)14-12-22)28(35)20-34(26-17-15-24(31)16-18-26)39(37,38)27-9-3-2-4-10-27/h2-4,9-18,21,25H,5-8,19-20H2,1H3,(H,32,36)/t21-/m1/s1. The molecule has 0 aromatic heterocycles. The van der Waals surface area contributed by atoms with E-state index in [2.05, 4.69) is 43.8 Å². The van der Waals surface area contributed by atoms with Crippen LogP contribution in [0.15, 0.2) is 88.2 Å². The van der Waals surface area contributed by atoms with E-state index in [1.54, 1.807) is 49.4 Å². The number of hydrogen-bond acceptors (Lipinski definition) is 4. The molecule has 10 heteroatoms. The lowest BCUT2D eigenvalue weighted by molar-refractivity contribution is -0.139. The van der Waals surface area contributed by atoms with E-state index in [-0.39, 0.29) is 23.4 Å². The number of benzene rings is 3. The second kappa shape index (κ2) is 13.3. The number of sulfonamides is 1. The Hall–Kier alpha value is -2.44. The molecule has 4 rings (SSSR count). The van der Waals surface area contributed by atoms with Crippen molar-refractivity contribution in [2.75, 3.05) is 10.8 Å². The molecule has 3 aromatic carbocycles. The lowest BCUT2D eigenvalue weighted by Gasteiger charge is -2.32. The maximum absolute atomic E-state index is 14.0. The van der Waals surface area contributed by atoms with Crippen LogP contribution >= 0.6 is 38.5 Å². The Morgan fingerprint density at radius 2 is 1.59 bits per heavy atom. The van der Waals surface area contributed by atoms with E-state index in [0.717, 1.165) is 43.6 Å². The van der Waals surface area contributed by atoms with Crippen molar-refractivity contribution < 1.29 is 18.0 Å². The molecule has 0 bridgehead atoms. The summed E-state index contributed by atoms with van der Waals surface area (Å²) in [6.45, 7) is 1.41. The number of anilines is 1. The van der Waals surface area contributed by atoms with Gasteiger partial charge in [-0.05, 0) is 96.5 Å². The Balaban J connectivity index is 1.66. The lowest BCUT2D eigenvalue weighted by Crippen LogP contribution is -2.52. The molecule has 1 atom stereocenters. The fraction of sp³-hybridized carbons (Fsp3) is 0.310. The van der Waals surface area contributed by atoms with Crippen molar-refractivity contribution in [2.24, 2.45) is 0 Å². The maximum atomic E-state index is 14.0. The molecule has 7 nitrogen and oxygen atoms in total. The molecule has 0 spiro atoms. The third-order valence-electron chi connectivity index (χ3n) is 6.86. The molecule has 0 heterocycles. The van der Waals surface area contributed by atoms with Gasteiger partial charge >= 0.3 is 0 Å². The largest absolute Gasteiger partial charge is 0.352 e. The van der Waals surface area contributed by atoms with Gasteiger partial charge in [0.2, 0.25) is 11.8 Å². The first-order valence-corrected chi connectivity index (χ1v) is 16.1. The molecule has 1 aliphatic rings. The van der Waals surface area contributed by atoms with Crippen molar-refractivity contribution in [2.45, 2.75) is 56.1 Å². The zero-order chi connectivity index (χ0) is 28.0. The summed E-state index contributed by atoms with van der Waals surface area (Å²) >= 11 is 5.58. The van der Waals surface area contributed by atoms with Gasteiger partial charge in [0.05, 0.1) is 10.6 Å². The van der Waals surface area contributed by atoms with E-state index < -0.39 is 28.5 Å². The van der Waals surface area contributed by atoms with Gasteiger partial charge in [-0.1, -0.05) is 59.1 Å². The van der Waals surface area contributed by atoms with Crippen molar-refractivity contribution in [1.29, 1.82) is 0 Å². The zero-order valence-corrected chi connectivity index (χ0v) is 26.2. The van der Waals surface area contributed by atoms with Gasteiger partial charge in [0.15, 0.2) is 0 Å². The molecule has 3 aromatic rings. The number of amides is 2. The highest BCUT2D eigenvalue weighted by molar-refractivity contribution is 14.1. The Kier molecular flexibility index (Phi) is 10.1. The van der Waals surface area contributed by atoms with Crippen molar-refractivity contribution >= 4 is 66.0 Å². The molecule has 2 amide bonds. The maximum Gasteiger partial charge on any atom is 0.264 e. The van der Waals surface area contributed by atoms with E-state index in [9.17, 15) is 18.0 Å². The van der Waals surface area contributed by atoms with Gasteiger partial charge in [-0.2, -0.15) is 0 Å². The molecule has 1 fully saturated rings. The molecule has 0 saturated heterocycles. The monoisotopic (exact) mass is 723 g/mol. The molecule has 1 saturated carbocycles. The van der Waals surface area contributed by atoms with Crippen LogP contribution in [-0.2, 0) is 26.2 Å². The fourth-order valence-electron chi connectivity index (χ4n) is 4.62.